The van der Waals surface area contributed by atoms with Crippen LogP contribution in [0.1, 0.15) is 38.6 Å². The van der Waals surface area contributed by atoms with E-state index in [1.807, 2.05) is 73.8 Å². The van der Waals surface area contributed by atoms with Gasteiger partial charge in [-0.3, -0.25) is 9.20 Å². The number of nitrogens with zero attached hydrogens (tertiary/aromatic N) is 4. The minimum atomic E-state index is -0.00975. The van der Waals surface area contributed by atoms with E-state index in [0.29, 0.717) is 19.0 Å². The van der Waals surface area contributed by atoms with Gasteiger partial charge in [-0.15, -0.1) is 10.2 Å². The molecule has 1 atom stereocenters. The summed E-state index contributed by atoms with van der Waals surface area (Å²) >= 11 is 0. The van der Waals surface area contributed by atoms with Crippen molar-refractivity contribution in [3.8, 4) is 0 Å². The minimum Gasteiger partial charge on any atom is -0.357 e. The van der Waals surface area contributed by atoms with Crippen molar-refractivity contribution in [2.75, 3.05) is 11.9 Å². The van der Waals surface area contributed by atoms with E-state index in [1.165, 1.54) is 0 Å². The third-order valence-corrected chi connectivity index (χ3v) is 4.82. The van der Waals surface area contributed by atoms with Crippen molar-refractivity contribution >= 4 is 23.2 Å². The molecule has 0 aliphatic heterocycles. The number of carbonyl (C=O) groups excluding carboxylic acids is 1. The second-order valence-electron chi connectivity index (χ2n) is 7.09. The van der Waals surface area contributed by atoms with Gasteiger partial charge in [0.1, 0.15) is 0 Å². The number of aromatic nitrogens is 3. The fraction of sp³-hybridized carbons (Fsp3) is 0.364. The van der Waals surface area contributed by atoms with Crippen LogP contribution in [0.2, 0.25) is 0 Å². The minimum absolute atomic E-state index is 0.00975. The summed E-state index contributed by atoms with van der Waals surface area (Å²) in [6.45, 7) is 7.69. The predicted molar refractivity (Wildman–Crippen MR) is 119 cm³/mol. The molecule has 3 rings (SSSR count). The topological polar surface area (TPSA) is 95.7 Å². The zero-order valence-corrected chi connectivity index (χ0v) is 17.7. The summed E-state index contributed by atoms with van der Waals surface area (Å²) in [5.74, 6) is 1.53. The van der Waals surface area contributed by atoms with Crippen LogP contribution in [0.5, 0.6) is 0 Å². The number of hydrogen-bond donors (Lipinski definition) is 3. The number of carbonyl (C=O) groups is 1. The number of nitrogens with one attached hydrogen (secondary N) is 3. The fourth-order valence-electron chi connectivity index (χ4n) is 2.88. The third-order valence-electron chi connectivity index (χ3n) is 4.82. The first-order valence-corrected chi connectivity index (χ1v) is 10.3. The Morgan fingerprint density at radius 1 is 1.13 bits per heavy atom. The maximum atomic E-state index is 12.1. The van der Waals surface area contributed by atoms with Crippen molar-refractivity contribution in [3.05, 3.63) is 60.0 Å². The largest absolute Gasteiger partial charge is 0.357 e. The first-order chi connectivity index (χ1) is 14.6. The van der Waals surface area contributed by atoms with Gasteiger partial charge in [-0.25, -0.2) is 4.99 Å². The molecule has 1 unspecified atom stereocenters. The number of rotatable bonds is 8. The Morgan fingerprint density at radius 2 is 2.00 bits per heavy atom. The van der Waals surface area contributed by atoms with Crippen molar-refractivity contribution in [3.63, 3.8) is 0 Å². The summed E-state index contributed by atoms with van der Waals surface area (Å²) in [5.41, 5.74) is 2.62. The quantitative estimate of drug-likeness (QED) is 0.394. The molecule has 8 nitrogen and oxygen atoms in total. The lowest BCUT2D eigenvalue weighted by Crippen LogP contribution is -2.37. The van der Waals surface area contributed by atoms with Crippen molar-refractivity contribution in [1.82, 2.24) is 25.2 Å². The Morgan fingerprint density at radius 3 is 2.80 bits per heavy atom. The van der Waals surface area contributed by atoms with Gasteiger partial charge in [0, 0.05) is 24.3 Å². The molecule has 0 saturated carbocycles. The lowest BCUT2D eigenvalue weighted by atomic mass is 10.1. The molecule has 3 aromatic rings. The molecule has 8 heteroatoms. The molecule has 0 radical (unpaired) electrons. The van der Waals surface area contributed by atoms with Crippen LogP contribution >= 0.6 is 0 Å². The zero-order valence-electron chi connectivity index (χ0n) is 17.7. The molecule has 0 aliphatic carbocycles. The van der Waals surface area contributed by atoms with E-state index < -0.39 is 0 Å². The predicted octanol–water partition coefficient (Wildman–Crippen LogP) is 2.97. The standard InChI is InChI=1S/C22H29N7O/c1-4-16(3)21(30)26-18-10-8-9-17(13-18)14-24-22(23-5-2)25-15-20-28-27-19-11-6-7-12-29(19)20/h6-13,16H,4-5,14-15H2,1-3H3,(H,26,30)(H2,23,24,25). The molecule has 0 bridgehead atoms. The van der Waals surface area contributed by atoms with Crippen molar-refractivity contribution in [1.29, 1.82) is 0 Å². The van der Waals surface area contributed by atoms with E-state index in [4.69, 9.17) is 0 Å². The van der Waals surface area contributed by atoms with Gasteiger partial charge in [0.05, 0.1) is 13.1 Å². The molecule has 3 N–H and O–H groups in total. The summed E-state index contributed by atoms with van der Waals surface area (Å²) in [7, 11) is 0. The van der Waals surface area contributed by atoms with Gasteiger partial charge >= 0.3 is 0 Å². The van der Waals surface area contributed by atoms with Crippen LogP contribution in [0.4, 0.5) is 5.69 Å². The molecular weight excluding hydrogens is 378 g/mol. The average Bonchev–Trinajstić information content (AvgIpc) is 3.18. The van der Waals surface area contributed by atoms with Crippen LogP contribution in [0, 0.1) is 5.92 Å². The van der Waals surface area contributed by atoms with E-state index in [0.717, 1.165) is 35.7 Å². The van der Waals surface area contributed by atoms with Crippen LogP contribution in [0.25, 0.3) is 5.65 Å². The SMILES string of the molecule is CCNC(=NCc1cccc(NC(=O)C(C)CC)c1)NCc1nnc2ccccn12. The Hall–Kier alpha value is -3.42. The summed E-state index contributed by atoms with van der Waals surface area (Å²) in [6, 6.07) is 13.6. The van der Waals surface area contributed by atoms with E-state index in [1.54, 1.807) is 0 Å². The Kier molecular flexibility index (Phi) is 7.37. The summed E-state index contributed by atoms with van der Waals surface area (Å²) in [5, 5.41) is 17.9. The average molecular weight is 408 g/mol. The maximum Gasteiger partial charge on any atom is 0.227 e. The molecule has 0 fully saturated rings. The number of aliphatic imine (C=N–C) groups is 1. The monoisotopic (exact) mass is 407 g/mol. The molecule has 30 heavy (non-hydrogen) atoms. The first kappa shape index (κ1) is 21.3. The molecule has 0 aliphatic rings. The molecule has 2 heterocycles. The van der Waals surface area contributed by atoms with Gasteiger partial charge in [-0.1, -0.05) is 32.0 Å². The number of fused-ring (bicyclic) bond motifs is 1. The van der Waals surface area contributed by atoms with Crippen molar-refractivity contribution < 1.29 is 4.79 Å². The molecule has 0 saturated heterocycles. The van der Waals surface area contributed by atoms with Gasteiger partial charge in [0.25, 0.3) is 0 Å². The van der Waals surface area contributed by atoms with Gasteiger partial charge in [-0.2, -0.15) is 0 Å². The smallest absolute Gasteiger partial charge is 0.227 e. The van der Waals surface area contributed by atoms with Crippen LogP contribution in [-0.4, -0.2) is 33.0 Å². The lowest BCUT2D eigenvalue weighted by molar-refractivity contribution is -0.119. The molecular formula is C22H29N7O. The van der Waals surface area contributed by atoms with Crippen LogP contribution in [0.3, 0.4) is 0 Å². The number of guanidine groups is 1. The van der Waals surface area contributed by atoms with E-state index >= 15 is 0 Å². The van der Waals surface area contributed by atoms with Crippen LogP contribution in [-0.2, 0) is 17.9 Å². The highest BCUT2D eigenvalue weighted by Gasteiger charge is 2.10. The maximum absolute atomic E-state index is 12.1. The third kappa shape index (κ3) is 5.56. The molecule has 1 aromatic carbocycles. The van der Waals surface area contributed by atoms with Crippen LogP contribution < -0.4 is 16.0 Å². The molecule has 1 amide bonds. The Bertz CT molecular complexity index is 1010. The number of benzene rings is 1. The Balaban J connectivity index is 1.64. The molecule has 2 aromatic heterocycles. The number of pyridine rings is 1. The highest BCUT2D eigenvalue weighted by molar-refractivity contribution is 5.92. The number of hydrogen-bond acceptors (Lipinski definition) is 4. The van der Waals surface area contributed by atoms with Crippen molar-refractivity contribution in [2.24, 2.45) is 10.9 Å². The second kappa shape index (κ2) is 10.4. The molecule has 158 valence electrons. The molecule has 0 spiro atoms. The normalized spacial score (nSPS) is 12.6. The number of anilines is 1. The summed E-state index contributed by atoms with van der Waals surface area (Å²) < 4.78 is 1.94. The highest BCUT2D eigenvalue weighted by atomic mass is 16.1. The van der Waals surface area contributed by atoms with Gasteiger partial charge in [-0.05, 0) is 43.2 Å². The van der Waals surface area contributed by atoms with Crippen molar-refractivity contribution in [2.45, 2.75) is 40.3 Å². The second-order valence-corrected chi connectivity index (χ2v) is 7.09. The Labute approximate surface area is 176 Å². The van der Waals surface area contributed by atoms with E-state index in [9.17, 15) is 4.79 Å². The van der Waals surface area contributed by atoms with Crippen LogP contribution in [0.15, 0.2) is 53.7 Å². The summed E-state index contributed by atoms with van der Waals surface area (Å²) in [6.07, 6.45) is 2.75. The van der Waals surface area contributed by atoms with Gasteiger partial charge in [0.2, 0.25) is 5.91 Å². The van der Waals surface area contributed by atoms with E-state index in [-0.39, 0.29) is 11.8 Å². The number of amides is 1. The summed E-state index contributed by atoms with van der Waals surface area (Å²) in [4.78, 5) is 16.8. The lowest BCUT2D eigenvalue weighted by Gasteiger charge is -2.12. The highest BCUT2D eigenvalue weighted by Crippen LogP contribution is 2.14. The van der Waals surface area contributed by atoms with E-state index in [2.05, 4.69) is 31.1 Å². The zero-order chi connectivity index (χ0) is 21.3. The first-order valence-electron chi connectivity index (χ1n) is 10.3. The fourth-order valence-corrected chi connectivity index (χ4v) is 2.88. The van der Waals surface area contributed by atoms with Gasteiger partial charge in [0.15, 0.2) is 17.4 Å². The van der Waals surface area contributed by atoms with Gasteiger partial charge < -0.3 is 16.0 Å².